The van der Waals surface area contributed by atoms with E-state index in [0.717, 1.165) is 24.6 Å². The molecule has 22 heavy (non-hydrogen) atoms. The second-order valence-electron chi connectivity index (χ2n) is 6.16. The summed E-state index contributed by atoms with van der Waals surface area (Å²) in [5.74, 6) is 0.748. The SMILES string of the molecule is O=C(NCc1ccc(=O)[nH]c1)C1COCCN1CC1CCC1. The number of hydrogen-bond donors (Lipinski definition) is 2. The van der Waals surface area contributed by atoms with Crippen molar-refractivity contribution in [3.8, 4) is 0 Å². The average Bonchev–Trinajstić information content (AvgIpc) is 2.50. The van der Waals surface area contributed by atoms with Gasteiger partial charge in [-0.15, -0.1) is 0 Å². The first kappa shape index (κ1) is 15.2. The number of nitrogens with one attached hydrogen (secondary N) is 2. The van der Waals surface area contributed by atoms with E-state index in [4.69, 9.17) is 4.74 Å². The van der Waals surface area contributed by atoms with Crippen molar-refractivity contribution in [3.05, 3.63) is 34.2 Å². The number of hydrogen-bond acceptors (Lipinski definition) is 4. The van der Waals surface area contributed by atoms with Crippen LogP contribution in [-0.4, -0.2) is 48.1 Å². The number of aromatic nitrogens is 1. The molecule has 1 atom stereocenters. The number of rotatable bonds is 5. The van der Waals surface area contributed by atoms with Crippen LogP contribution in [0.1, 0.15) is 24.8 Å². The van der Waals surface area contributed by atoms with Gasteiger partial charge in [0.25, 0.3) is 0 Å². The van der Waals surface area contributed by atoms with Crippen molar-refractivity contribution in [2.45, 2.75) is 31.8 Å². The van der Waals surface area contributed by atoms with Crippen molar-refractivity contribution in [2.75, 3.05) is 26.3 Å². The van der Waals surface area contributed by atoms with Crippen LogP contribution in [0.25, 0.3) is 0 Å². The Hall–Kier alpha value is -1.66. The van der Waals surface area contributed by atoms with Gasteiger partial charge in [-0.1, -0.05) is 12.5 Å². The maximum atomic E-state index is 12.4. The highest BCUT2D eigenvalue weighted by molar-refractivity contribution is 5.82. The molecular formula is C16H23N3O3. The minimum atomic E-state index is -0.197. The number of aromatic amines is 1. The summed E-state index contributed by atoms with van der Waals surface area (Å²) in [7, 11) is 0. The Balaban J connectivity index is 1.54. The number of carbonyl (C=O) groups is 1. The molecule has 1 aliphatic heterocycles. The fourth-order valence-corrected chi connectivity index (χ4v) is 2.96. The van der Waals surface area contributed by atoms with Crippen LogP contribution >= 0.6 is 0 Å². The predicted molar refractivity (Wildman–Crippen MR) is 82.4 cm³/mol. The lowest BCUT2D eigenvalue weighted by molar-refractivity contribution is -0.133. The molecule has 1 saturated carbocycles. The van der Waals surface area contributed by atoms with Crippen molar-refractivity contribution in [1.82, 2.24) is 15.2 Å². The Kier molecular flexibility index (Phi) is 4.90. The maximum Gasteiger partial charge on any atom is 0.247 e. The van der Waals surface area contributed by atoms with E-state index in [-0.39, 0.29) is 17.5 Å². The summed E-state index contributed by atoms with van der Waals surface area (Å²) in [5, 5.41) is 2.94. The molecule has 6 nitrogen and oxygen atoms in total. The van der Waals surface area contributed by atoms with Gasteiger partial charge in [0.15, 0.2) is 0 Å². The average molecular weight is 305 g/mol. The van der Waals surface area contributed by atoms with E-state index in [2.05, 4.69) is 15.2 Å². The molecule has 120 valence electrons. The summed E-state index contributed by atoms with van der Waals surface area (Å²) in [5.41, 5.74) is 0.748. The highest BCUT2D eigenvalue weighted by Crippen LogP contribution is 2.28. The molecule has 0 aromatic carbocycles. The lowest BCUT2D eigenvalue weighted by atomic mass is 9.84. The molecule has 1 saturated heterocycles. The van der Waals surface area contributed by atoms with Crippen LogP contribution < -0.4 is 10.9 Å². The normalized spacial score (nSPS) is 23.0. The number of ether oxygens (including phenoxy) is 1. The first-order valence-corrected chi connectivity index (χ1v) is 7.99. The summed E-state index contributed by atoms with van der Waals surface area (Å²) in [6.07, 6.45) is 5.51. The molecule has 2 N–H and O–H groups in total. The summed E-state index contributed by atoms with van der Waals surface area (Å²) in [6, 6.07) is 2.99. The van der Waals surface area contributed by atoms with Gasteiger partial charge in [-0.3, -0.25) is 14.5 Å². The van der Waals surface area contributed by atoms with Gasteiger partial charge in [0.05, 0.1) is 13.2 Å². The fourth-order valence-electron chi connectivity index (χ4n) is 2.96. The quantitative estimate of drug-likeness (QED) is 0.830. The van der Waals surface area contributed by atoms with Gasteiger partial charge in [0.1, 0.15) is 6.04 Å². The summed E-state index contributed by atoms with van der Waals surface area (Å²) < 4.78 is 5.48. The Morgan fingerprint density at radius 3 is 2.95 bits per heavy atom. The minimum absolute atomic E-state index is 0.00484. The van der Waals surface area contributed by atoms with Crippen molar-refractivity contribution >= 4 is 5.91 Å². The lowest BCUT2D eigenvalue weighted by Gasteiger charge is -2.39. The minimum Gasteiger partial charge on any atom is -0.378 e. The summed E-state index contributed by atoms with van der Waals surface area (Å²) in [6.45, 7) is 3.41. The molecule has 1 amide bonds. The lowest BCUT2D eigenvalue weighted by Crippen LogP contribution is -2.55. The standard InChI is InChI=1S/C16H23N3O3/c20-15-5-4-13(8-17-15)9-18-16(21)14-11-22-7-6-19(14)10-12-2-1-3-12/h4-5,8,12,14H,1-3,6-7,9-11H2,(H,17,20)(H,18,21). The van der Waals surface area contributed by atoms with Gasteiger partial charge < -0.3 is 15.0 Å². The Morgan fingerprint density at radius 2 is 2.27 bits per heavy atom. The van der Waals surface area contributed by atoms with E-state index in [1.807, 2.05) is 0 Å². The Labute approximate surface area is 129 Å². The largest absolute Gasteiger partial charge is 0.378 e. The molecule has 1 aromatic rings. The third-order valence-corrected chi connectivity index (χ3v) is 4.57. The van der Waals surface area contributed by atoms with Gasteiger partial charge in [0.2, 0.25) is 11.5 Å². The molecule has 3 rings (SSSR count). The van der Waals surface area contributed by atoms with Crippen molar-refractivity contribution < 1.29 is 9.53 Å². The molecule has 2 fully saturated rings. The van der Waals surface area contributed by atoms with Gasteiger partial charge in [0, 0.05) is 31.9 Å². The monoisotopic (exact) mass is 305 g/mol. The van der Waals surface area contributed by atoms with E-state index >= 15 is 0 Å². The highest BCUT2D eigenvalue weighted by atomic mass is 16.5. The van der Waals surface area contributed by atoms with Gasteiger partial charge in [-0.25, -0.2) is 0 Å². The van der Waals surface area contributed by atoms with Gasteiger partial charge >= 0.3 is 0 Å². The van der Waals surface area contributed by atoms with Crippen molar-refractivity contribution in [1.29, 1.82) is 0 Å². The highest BCUT2D eigenvalue weighted by Gasteiger charge is 2.32. The van der Waals surface area contributed by atoms with Crippen molar-refractivity contribution in [2.24, 2.45) is 5.92 Å². The van der Waals surface area contributed by atoms with Crippen LogP contribution in [0.2, 0.25) is 0 Å². The third-order valence-electron chi connectivity index (χ3n) is 4.57. The molecule has 2 aliphatic rings. The van der Waals surface area contributed by atoms with E-state index in [1.165, 1.54) is 25.3 Å². The third kappa shape index (κ3) is 3.75. The first-order chi connectivity index (χ1) is 10.7. The molecule has 0 spiro atoms. The fraction of sp³-hybridized carbons (Fsp3) is 0.625. The molecule has 1 aliphatic carbocycles. The van der Waals surface area contributed by atoms with Crippen LogP contribution in [0.3, 0.4) is 0 Å². The second kappa shape index (κ2) is 7.07. The number of H-pyrrole nitrogens is 1. The van der Waals surface area contributed by atoms with Crippen LogP contribution in [0.4, 0.5) is 0 Å². The number of amides is 1. The van der Waals surface area contributed by atoms with E-state index in [0.29, 0.717) is 19.8 Å². The van der Waals surface area contributed by atoms with Crippen LogP contribution in [-0.2, 0) is 16.1 Å². The Bertz CT molecular complexity index is 548. The maximum absolute atomic E-state index is 12.4. The van der Waals surface area contributed by atoms with E-state index in [1.54, 1.807) is 12.3 Å². The van der Waals surface area contributed by atoms with Crippen molar-refractivity contribution in [3.63, 3.8) is 0 Å². The zero-order valence-electron chi connectivity index (χ0n) is 12.7. The topological polar surface area (TPSA) is 74.4 Å². The van der Waals surface area contributed by atoms with E-state index in [9.17, 15) is 9.59 Å². The molecule has 1 unspecified atom stereocenters. The molecule has 0 radical (unpaired) electrons. The van der Waals surface area contributed by atoms with Gasteiger partial charge in [-0.05, 0) is 24.3 Å². The molecule has 6 heteroatoms. The first-order valence-electron chi connectivity index (χ1n) is 7.99. The van der Waals surface area contributed by atoms with Crippen LogP contribution in [0.15, 0.2) is 23.1 Å². The predicted octanol–water partition coefficient (Wildman–Crippen LogP) is 0.492. The van der Waals surface area contributed by atoms with Crippen LogP contribution in [0, 0.1) is 5.92 Å². The number of nitrogens with zero attached hydrogens (tertiary/aromatic N) is 1. The van der Waals surface area contributed by atoms with E-state index < -0.39 is 0 Å². The molecule has 2 heterocycles. The number of carbonyl (C=O) groups excluding carboxylic acids is 1. The zero-order chi connectivity index (χ0) is 15.4. The molecular weight excluding hydrogens is 282 g/mol. The molecule has 0 bridgehead atoms. The number of morpholine rings is 1. The van der Waals surface area contributed by atoms with Gasteiger partial charge in [-0.2, -0.15) is 0 Å². The summed E-state index contributed by atoms with van der Waals surface area (Å²) >= 11 is 0. The zero-order valence-corrected chi connectivity index (χ0v) is 12.7. The van der Waals surface area contributed by atoms with Crippen LogP contribution in [0.5, 0.6) is 0 Å². The Morgan fingerprint density at radius 1 is 1.41 bits per heavy atom. The molecule has 1 aromatic heterocycles. The number of pyridine rings is 1. The smallest absolute Gasteiger partial charge is 0.247 e. The second-order valence-corrected chi connectivity index (χ2v) is 6.16. The summed E-state index contributed by atoms with van der Waals surface area (Å²) in [4.78, 5) is 28.3.